The van der Waals surface area contributed by atoms with Crippen molar-refractivity contribution in [2.45, 2.75) is 32.2 Å². The van der Waals surface area contributed by atoms with E-state index in [4.69, 9.17) is 10.8 Å². The van der Waals surface area contributed by atoms with Crippen LogP contribution in [0.2, 0.25) is 0 Å². The van der Waals surface area contributed by atoms with Crippen molar-refractivity contribution in [2.75, 3.05) is 18.2 Å². The van der Waals surface area contributed by atoms with Crippen molar-refractivity contribution < 1.29 is 14.7 Å². The molecule has 17 heavy (non-hydrogen) atoms. The van der Waals surface area contributed by atoms with Crippen LogP contribution in [-0.2, 0) is 9.59 Å². The predicted molar refractivity (Wildman–Crippen MR) is 67.7 cm³/mol. The number of carboxylic acids is 1. The summed E-state index contributed by atoms with van der Waals surface area (Å²) in [5.74, 6) is 0.465. The second kappa shape index (κ2) is 6.86. The minimum Gasteiger partial charge on any atom is -0.480 e. The van der Waals surface area contributed by atoms with E-state index in [2.05, 4.69) is 6.92 Å². The van der Waals surface area contributed by atoms with E-state index in [1.165, 1.54) is 16.7 Å². The fourth-order valence-electron chi connectivity index (χ4n) is 1.84. The number of hydrogen-bond acceptors (Lipinski definition) is 4. The molecule has 1 rings (SSSR count). The van der Waals surface area contributed by atoms with E-state index in [1.807, 2.05) is 0 Å². The maximum Gasteiger partial charge on any atom is 0.327 e. The molecular formula is C11H20N2O3S. The number of rotatable bonds is 6. The van der Waals surface area contributed by atoms with Crippen LogP contribution >= 0.6 is 11.8 Å². The lowest BCUT2D eigenvalue weighted by atomic mass is 10.0. The first-order valence-electron chi connectivity index (χ1n) is 5.86. The van der Waals surface area contributed by atoms with Gasteiger partial charge in [-0.1, -0.05) is 6.92 Å². The lowest BCUT2D eigenvalue weighted by Gasteiger charge is -2.21. The van der Waals surface area contributed by atoms with Gasteiger partial charge < -0.3 is 15.7 Å². The Kier molecular flexibility index (Phi) is 5.77. The van der Waals surface area contributed by atoms with Crippen molar-refractivity contribution in [3.63, 3.8) is 0 Å². The smallest absolute Gasteiger partial charge is 0.327 e. The van der Waals surface area contributed by atoms with Gasteiger partial charge in [-0.2, -0.15) is 0 Å². The van der Waals surface area contributed by atoms with Crippen molar-refractivity contribution in [3.05, 3.63) is 0 Å². The third-order valence-corrected chi connectivity index (χ3v) is 4.01. The van der Waals surface area contributed by atoms with Crippen molar-refractivity contribution in [1.29, 1.82) is 0 Å². The number of amides is 1. The summed E-state index contributed by atoms with van der Waals surface area (Å²) in [7, 11) is 0. The van der Waals surface area contributed by atoms with E-state index in [0.29, 0.717) is 30.5 Å². The molecule has 2 unspecified atom stereocenters. The molecule has 98 valence electrons. The monoisotopic (exact) mass is 260 g/mol. The number of carbonyl (C=O) groups excluding carboxylic acids is 1. The molecule has 3 N–H and O–H groups in total. The maximum absolute atomic E-state index is 11.9. The second-order valence-corrected chi connectivity index (χ2v) is 5.44. The average molecular weight is 260 g/mol. The van der Waals surface area contributed by atoms with Crippen LogP contribution in [0, 0.1) is 5.92 Å². The van der Waals surface area contributed by atoms with Gasteiger partial charge in [0.2, 0.25) is 5.91 Å². The molecule has 0 aromatic carbocycles. The summed E-state index contributed by atoms with van der Waals surface area (Å²) < 4.78 is 0. The molecule has 0 aromatic rings. The van der Waals surface area contributed by atoms with E-state index in [-0.39, 0.29) is 5.91 Å². The van der Waals surface area contributed by atoms with Gasteiger partial charge in [-0.25, -0.2) is 4.79 Å². The fourth-order valence-corrected chi connectivity index (χ4v) is 3.01. The molecule has 1 saturated heterocycles. The minimum atomic E-state index is -0.904. The van der Waals surface area contributed by atoms with E-state index in [9.17, 15) is 9.59 Å². The Morgan fingerprint density at radius 1 is 1.53 bits per heavy atom. The van der Waals surface area contributed by atoms with Gasteiger partial charge in [0.15, 0.2) is 0 Å². The van der Waals surface area contributed by atoms with Crippen molar-refractivity contribution in [1.82, 2.24) is 4.90 Å². The van der Waals surface area contributed by atoms with E-state index in [0.717, 1.165) is 12.8 Å². The van der Waals surface area contributed by atoms with Gasteiger partial charge in [0, 0.05) is 12.2 Å². The molecular weight excluding hydrogens is 240 g/mol. The number of nitrogens with zero attached hydrogens (tertiary/aromatic N) is 1. The number of nitrogens with two attached hydrogens (primary N) is 1. The summed E-state index contributed by atoms with van der Waals surface area (Å²) in [5.41, 5.74) is 5.44. The second-order valence-electron chi connectivity index (χ2n) is 4.44. The molecule has 2 atom stereocenters. The number of thioether (sulfide) groups is 1. The molecule has 1 aliphatic rings. The largest absolute Gasteiger partial charge is 0.480 e. The predicted octanol–water partition coefficient (Wildman–Crippen LogP) is 0.738. The van der Waals surface area contributed by atoms with E-state index in [1.54, 1.807) is 0 Å². The van der Waals surface area contributed by atoms with Crippen LogP contribution in [0.4, 0.5) is 0 Å². The highest BCUT2D eigenvalue weighted by molar-refractivity contribution is 7.99. The number of hydrogen-bond donors (Lipinski definition) is 2. The molecule has 6 heteroatoms. The summed E-state index contributed by atoms with van der Waals surface area (Å²) in [4.78, 5) is 24.3. The topological polar surface area (TPSA) is 83.6 Å². The summed E-state index contributed by atoms with van der Waals surface area (Å²) in [5, 5.41) is 8.97. The first-order valence-corrected chi connectivity index (χ1v) is 7.01. The van der Waals surface area contributed by atoms with Gasteiger partial charge in [0.05, 0.1) is 5.88 Å². The molecule has 0 saturated carbocycles. The molecule has 5 nitrogen and oxygen atoms in total. The van der Waals surface area contributed by atoms with Crippen molar-refractivity contribution in [2.24, 2.45) is 11.7 Å². The molecule has 0 radical (unpaired) electrons. The number of aliphatic carboxylic acids is 1. The zero-order valence-electron chi connectivity index (χ0n) is 10.1. The minimum absolute atomic E-state index is 0.0497. The molecule has 1 fully saturated rings. The summed E-state index contributed by atoms with van der Waals surface area (Å²) in [6, 6.07) is -0.641. The molecule has 1 aliphatic heterocycles. The Hall–Kier alpha value is -0.750. The molecule has 0 spiro atoms. The molecule has 0 aliphatic carbocycles. The van der Waals surface area contributed by atoms with E-state index < -0.39 is 12.0 Å². The van der Waals surface area contributed by atoms with E-state index >= 15 is 0 Å². The van der Waals surface area contributed by atoms with Crippen LogP contribution in [0.3, 0.4) is 0 Å². The van der Waals surface area contributed by atoms with Crippen LogP contribution in [0.5, 0.6) is 0 Å². The third-order valence-electron chi connectivity index (χ3n) is 3.00. The van der Waals surface area contributed by atoms with Crippen molar-refractivity contribution in [3.8, 4) is 0 Å². The number of carboxylic acid groups (broad SMARTS) is 1. The van der Waals surface area contributed by atoms with Gasteiger partial charge in [0.1, 0.15) is 6.04 Å². The molecule has 0 aromatic heterocycles. The van der Waals surface area contributed by atoms with Crippen LogP contribution in [0.15, 0.2) is 0 Å². The van der Waals surface area contributed by atoms with Crippen LogP contribution in [0.25, 0.3) is 0 Å². The van der Waals surface area contributed by atoms with Gasteiger partial charge in [-0.3, -0.25) is 4.79 Å². The highest BCUT2D eigenvalue weighted by atomic mass is 32.2. The highest BCUT2D eigenvalue weighted by Gasteiger charge is 2.34. The lowest BCUT2D eigenvalue weighted by Crippen LogP contribution is -2.41. The Morgan fingerprint density at radius 3 is 2.82 bits per heavy atom. The van der Waals surface area contributed by atoms with Crippen LogP contribution in [-0.4, -0.2) is 46.1 Å². The van der Waals surface area contributed by atoms with Gasteiger partial charge >= 0.3 is 5.97 Å². The van der Waals surface area contributed by atoms with Crippen molar-refractivity contribution >= 4 is 23.6 Å². The van der Waals surface area contributed by atoms with Crippen LogP contribution < -0.4 is 5.73 Å². The Labute approximate surface area is 106 Å². The SMILES string of the molecule is CC(CCN)CCC(=O)N1CSCC1C(=O)O. The first-order chi connectivity index (χ1) is 8.06. The maximum atomic E-state index is 11.9. The molecule has 1 heterocycles. The molecule has 0 bridgehead atoms. The normalized spacial score (nSPS) is 21.5. The zero-order valence-corrected chi connectivity index (χ0v) is 10.9. The zero-order chi connectivity index (χ0) is 12.8. The molecule has 1 amide bonds. The summed E-state index contributed by atoms with van der Waals surface area (Å²) >= 11 is 1.50. The standard InChI is InChI=1S/C11H20N2O3S/c1-8(4-5-12)2-3-10(14)13-7-17-6-9(13)11(15)16/h8-9H,2-7,12H2,1H3,(H,15,16). The summed E-state index contributed by atoms with van der Waals surface area (Å²) in [6.45, 7) is 2.69. The van der Waals surface area contributed by atoms with Gasteiger partial charge in [-0.05, 0) is 25.3 Å². The average Bonchev–Trinajstić information content (AvgIpc) is 2.75. The fraction of sp³-hybridized carbons (Fsp3) is 0.818. The lowest BCUT2D eigenvalue weighted by molar-refractivity contribution is -0.147. The Balaban J connectivity index is 2.39. The quantitative estimate of drug-likeness (QED) is 0.736. The highest BCUT2D eigenvalue weighted by Crippen LogP contribution is 2.23. The number of carbonyl (C=O) groups is 2. The van der Waals surface area contributed by atoms with Gasteiger partial charge in [0.25, 0.3) is 0 Å². The third kappa shape index (κ3) is 4.20. The first kappa shape index (κ1) is 14.3. The Morgan fingerprint density at radius 2 is 2.24 bits per heavy atom. The Bertz CT molecular complexity index is 286. The van der Waals surface area contributed by atoms with Crippen LogP contribution in [0.1, 0.15) is 26.2 Å². The van der Waals surface area contributed by atoms with Gasteiger partial charge in [-0.15, -0.1) is 11.8 Å². The summed E-state index contributed by atoms with van der Waals surface area (Å²) in [6.07, 6.45) is 2.11.